The number of carbonyl (C=O) groups excluding carboxylic acids is 1. The number of rotatable bonds is 4. The van der Waals surface area contributed by atoms with Crippen molar-refractivity contribution in [2.24, 2.45) is 0 Å². The molecule has 0 N–H and O–H groups in total. The summed E-state index contributed by atoms with van der Waals surface area (Å²) in [4.78, 5) is 14.0. The van der Waals surface area contributed by atoms with E-state index in [2.05, 4.69) is 43.0 Å². The van der Waals surface area contributed by atoms with Gasteiger partial charge in [-0.2, -0.15) is 0 Å². The van der Waals surface area contributed by atoms with Gasteiger partial charge >= 0.3 is 0 Å². The lowest BCUT2D eigenvalue weighted by Crippen LogP contribution is -2.39. The molecule has 0 aliphatic carbocycles. The highest BCUT2D eigenvalue weighted by Gasteiger charge is 2.25. The fraction of sp³-hybridized carbons (Fsp3) is 0.350. The van der Waals surface area contributed by atoms with Crippen molar-refractivity contribution in [3.63, 3.8) is 0 Å². The third-order valence-electron chi connectivity index (χ3n) is 4.50. The van der Waals surface area contributed by atoms with Gasteiger partial charge < -0.3 is 9.64 Å². The van der Waals surface area contributed by atoms with E-state index in [1.165, 1.54) is 11.1 Å². The normalized spacial score (nSPS) is 16.7. The Labute approximate surface area is 137 Å². The Morgan fingerprint density at radius 2 is 2.04 bits per heavy atom. The maximum absolute atomic E-state index is 11.7. The summed E-state index contributed by atoms with van der Waals surface area (Å²) in [5, 5.41) is 0. The maximum Gasteiger partial charge on any atom is 0.159 e. The molecule has 0 radical (unpaired) electrons. The highest BCUT2D eigenvalue weighted by atomic mass is 16.5. The molecule has 120 valence electrons. The number of hydrogen-bond acceptors (Lipinski definition) is 3. The number of anilines is 1. The minimum absolute atomic E-state index is 0.0845. The zero-order valence-electron chi connectivity index (χ0n) is 14.0. The van der Waals surface area contributed by atoms with E-state index in [9.17, 15) is 4.79 Å². The molecule has 23 heavy (non-hydrogen) atoms. The average Bonchev–Trinajstić information content (AvgIpc) is 2.56. The van der Waals surface area contributed by atoms with Crippen LogP contribution in [0.1, 0.15) is 41.8 Å². The molecule has 1 heterocycles. The molecule has 1 aliphatic rings. The van der Waals surface area contributed by atoms with Gasteiger partial charge in [0.05, 0.1) is 12.2 Å². The highest BCUT2D eigenvalue weighted by Crippen LogP contribution is 2.36. The number of fused-ring (bicyclic) bond motifs is 1. The van der Waals surface area contributed by atoms with Crippen LogP contribution in [0.5, 0.6) is 5.75 Å². The average molecular weight is 309 g/mol. The highest BCUT2D eigenvalue weighted by molar-refractivity contribution is 5.95. The monoisotopic (exact) mass is 309 g/mol. The fourth-order valence-electron chi connectivity index (χ4n) is 3.00. The molecule has 0 bridgehead atoms. The molecule has 0 amide bonds. The standard InChI is InChI=1S/C20H23NO2/c1-4-18-13-21(12-17-8-6-5-7-14(17)2)19-11-16(15(3)22)9-10-20(19)23-18/h5-11,18H,4,12-13H2,1-3H3. The molecule has 0 spiro atoms. The molecule has 3 rings (SSSR count). The van der Waals surface area contributed by atoms with Crippen LogP contribution in [-0.2, 0) is 6.54 Å². The molecule has 0 fully saturated rings. The van der Waals surface area contributed by atoms with E-state index < -0.39 is 0 Å². The van der Waals surface area contributed by atoms with Crippen LogP contribution in [0.4, 0.5) is 5.69 Å². The first-order valence-corrected chi connectivity index (χ1v) is 8.19. The first-order valence-electron chi connectivity index (χ1n) is 8.19. The van der Waals surface area contributed by atoms with Crippen LogP contribution >= 0.6 is 0 Å². The van der Waals surface area contributed by atoms with Crippen molar-refractivity contribution in [3.05, 3.63) is 59.2 Å². The number of hydrogen-bond donors (Lipinski definition) is 0. The smallest absolute Gasteiger partial charge is 0.159 e. The van der Waals surface area contributed by atoms with Crippen LogP contribution in [0.15, 0.2) is 42.5 Å². The van der Waals surface area contributed by atoms with Crippen molar-refractivity contribution in [1.82, 2.24) is 0 Å². The van der Waals surface area contributed by atoms with E-state index in [0.717, 1.165) is 36.5 Å². The van der Waals surface area contributed by atoms with Crippen molar-refractivity contribution >= 4 is 11.5 Å². The summed E-state index contributed by atoms with van der Waals surface area (Å²) in [6, 6.07) is 14.2. The molecule has 0 saturated carbocycles. The Morgan fingerprint density at radius 1 is 1.26 bits per heavy atom. The second-order valence-corrected chi connectivity index (χ2v) is 6.19. The minimum atomic E-state index is 0.0845. The van der Waals surface area contributed by atoms with Crippen LogP contribution in [0, 0.1) is 6.92 Å². The number of Topliss-reactive ketones (excluding diaryl/α,β-unsaturated/α-hetero) is 1. The Morgan fingerprint density at radius 3 is 2.74 bits per heavy atom. The van der Waals surface area contributed by atoms with E-state index in [0.29, 0.717) is 0 Å². The van der Waals surface area contributed by atoms with Crippen LogP contribution in [0.25, 0.3) is 0 Å². The second kappa shape index (κ2) is 6.45. The van der Waals surface area contributed by atoms with E-state index in [-0.39, 0.29) is 11.9 Å². The Balaban J connectivity index is 1.98. The number of benzene rings is 2. The van der Waals surface area contributed by atoms with E-state index in [1.54, 1.807) is 6.92 Å². The second-order valence-electron chi connectivity index (χ2n) is 6.19. The SMILES string of the molecule is CCC1CN(Cc2ccccc2C)c2cc(C(C)=O)ccc2O1. The lowest BCUT2D eigenvalue weighted by atomic mass is 10.0. The quantitative estimate of drug-likeness (QED) is 0.785. The van der Waals surface area contributed by atoms with Crippen molar-refractivity contribution in [3.8, 4) is 5.75 Å². The van der Waals surface area contributed by atoms with E-state index >= 15 is 0 Å². The molecular formula is C20H23NO2. The van der Waals surface area contributed by atoms with Gasteiger partial charge in [-0.15, -0.1) is 0 Å². The van der Waals surface area contributed by atoms with E-state index in [1.807, 2.05) is 18.2 Å². The maximum atomic E-state index is 11.7. The fourth-order valence-corrected chi connectivity index (χ4v) is 3.00. The molecule has 2 aromatic rings. The number of nitrogens with zero attached hydrogens (tertiary/aromatic N) is 1. The predicted molar refractivity (Wildman–Crippen MR) is 93.4 cm³/mol. The third-order valence-corrected chi connectivity index (χ3v) is 4.50. The number of ether oxygens (including phenoxy) is 1. The largest absolute Gasteiger partial charge is 0.486 e. The van der Waals surface area contributed by atoms with Crippen molar-refractivity contribution in [2.45, 2.75) is 39.8 Å². The van der Waals surface area contributed by atoms with Crippen molar-refractivity contribution in [2.75, 3.05) is 11.4 Å². The molecule has 1 aliphatic heterocycles. The number of ketones is 1. The van der Waals surface area contributed by atoms with Gasteiger partial charge in [0.25, 0.3) is 0 Å². The lowest BCUT2D eigenvalue weighted by molar-refractivity contribution is 0.101. The summed E-state index contributed by atoms with van der Waals surface area (Å²) in [7, 11) is 0. The zero-order chi connectivity index (χ0) is 16.4. The number of carbonyl (C=O) groups is 1. The van der Waals surface area contributed by atoms with Crippen molar-refractivity contribution < 1.29 is 9.53 Å². The lowest BCUT2D eigenvalue weighted by Gasteiger charge is -2.36. The van der Waals surface area contributed by atoms with Gasteiger partial charge in [0.1, 0.15) is 11.9 Å². The Hall–Kier alpha value is -2.29. The summed E-state index contributed by atoms with van der Waals surface area (Å²) in [6.07, 6.45) is 1.16. The Bertz CT molecular complexity index is 723. The summed E-state index contributed by atoms with van der Waals surface area (Å²) in [5.74, 6) is 0.961. The van der Waals surface area contributed by atoms with Gasteiger partial charge in [-0.1, -0.05) is 31.2 Å². The van der Waals surface area contributed by atoms with Gasteiger partial charge in [-0.05, 0) is 49.6 Å². The third kappa shape index (κ3) is 3.24. The topological polar surface area (TPSA) is 29.5 Å². The molecule has 0 saturated heterocycles. The first-order chi connectivity index (χ1) is 11.1. The molecular weight excluding hydrogens is 286 g/mol. The van der Waals surface area contributed by atoms with Gasteiger partial charge in [-0.25, -0.2) is 0 Å². The first kappa shape index (κ1) is 15.6. The Kier molecular flexibility index (Phi) is 4.37. The van der Waals surface area contributed by atoms with Crippen LogP contribution < -0.4 is 9.64 Å². The van der Waals surface area contributed by atoms with Gasteiger partial charge in [0.15, 0.2) is 5.78 Å². The van der Waals surface area contributed by atoms with Crippen LogP contribution in [-0.4, -0.2) is 18.4 Å². The molecule has 1 atom stereocenters. The van der Waals surface area contributed by atoms with Crippen molar-refractivity contribution in [1.29, 1.82) is 0 Å². The molecule has 0 aromatic heterocycles. The summed E-state index contributed by atoms with van der Waals surface area (Å²) in [5.41, 5.74) is 4.35. The van der Waals surface area contributed by atoms with Crippen LogP contribution in [0.3, 0.4) is 0 Å². The minimum Gasteiger partial charge on any atom is -0.486 e. The predicted octanol–water partition coefficient (Wildman–Crippen LogP) is 4.38. The molecule has 3 heteroatoms. The van der Waals surface area contributed by atoms with E-state index in [4.69, 9.17) is 4.74 Å². The molecule has 1 unspecified atom stereocenters. The van der Waals surface area contributed by atoms with Gasteiger partial charge in [0.2, 0.25) is 0 Å². The van der Waals surface area contributed by atoms with Gasteiger partial charge in [0, 0.05) is 12.1 Å². The summed E-state index contributed by atoms with van der Waals surface area (Å²) < 4.78 is 6.06. The number of aryl methyl sites for hydroxylation is 1. The molecule has 3 nitrogen and oxygen atoms in total. The van der Waals surface area contributed by atoms with Gasteiger partial charge in [-0.3, -0.25) is 4.79 Å². The molecule has 2 aromatic carbocycles. The summed E-state index contributed by atoms with van der Waals surface area (Å²) in [6.45, 7) is 7.57. The zero-order valence-corrected chi connectivity index (χ0v) is 14.0. The van der Waals surface area contributed by atoms with Crippen LogP contribution in [0.2, 0.25) is 0 Å². The summed E-state index contributed by atoms with van der Waals surface area (Å²) >= 11 is 0.